The SMILES string of the molecule is COC(C)c1ncc(Br)c(C(=O)O)n1. The first-order valence-corrected chi connectivity index (χ1v) is 4.64. The van der Waals surface area contributed by atoms with Gasteiger partial charge in [0.05, 0.1) is 4.47 Å². The summed E-state index contributed by atoms with van der Waals surface area (Å²) in [5, 5.41) is 8.78. The standard InChI is InChI=1S/C8H9BrN2O3/c1-4(14-2)7-10-3-5(9)6(11-7)8(12)13/h3-4H,1-2H3,(H,12,13). The fourth-order valence-electron chi connectivity index (χ4n) is 0.832. The van der Waals surface area contributed by atoms with E-state index in [0.29, 0.717) is 10.3 Å². The maximum absolute atomic E-state index is 10.7. The molecule has 0 aliphatic rings. The Bertz CT molecular complexity index is 356. The van der Waals surface area contributed by atoms with Crippen molar-refractivity contribution >= 4 is 21.9 Å². The number of carboxylic acid groups (broad SMARTS) is 1. The van der Waals surface area contributed by atoms with Crippen molar-refractivity contribution in [2.45, 2.75) is 13.0 Å². The highest BCUT2D eigenvalue weighted by Crippen LogP contribution is 2.17. The average Bonchev–Trinajstić information content (AvgIpc) is 2.17. The van der Waals surface area contributed by atoms with Crippen LogP contribution in [0.25, 0.3) is 0 Å². The highest BCUT2D eigenvalue weighted by Gasteiger charge is 2.15. The topological polar surface area (TPSA) is 72.3 Å². The second kappa shape index (κ2) is 4.47. The molecule has 1 atom stereocenters. The van der Waals surface area contributed by atoms with Gasteiger partial charge in [-0.3, -0.25) is 0 Å². The van der Waals surface area contributed by atoms with Crippen molar-refractivity contribution in [3.63, 3.8) is 0 Å². The van der Waals surface area contributed by atoms with Crippen LogP contribution in [0.3, 0.4) is 0 Å². The zero-order chi connectivity index (χ0) is 10.7. The lowest BCUT2D eigenvalue weighted by atomic mass is 10.3. The minimum Gasteiger partial charge on any atom is -0.476 e. The van der Waals surface area contributed by atoms with Crippen molar-refractivity contribution in [2.24, 2.45) is 0 Å². The van der Waals surface area contributed by atoms with Crippen molar-refractivity contribution in [3.05, 3.63) is 22.2 Å². The largest absolute Gasteiger partial charge is 0.476 e. The molecule has 0 radical (unpaired) electrons. The third kappa shape index (κ3) is 2.27. The first-order valence-electron chi connectivity index (χ1n) is 3.84. The Kier molecular flexibility index (Phi) is 3.54. The number of nitrogens with zero attached hydrogens (tertiary/aromatic N) is 2. The van der Waals surface area contributed by atoms with Crippen molar-refractivity contribution in [3.8, 4) is 0 Å². The molecule has 0 bridgehead atoms. The highest BCUT2D eigenvalue weighted by atomic mass is 79.9. The Labute approximate surface area is 89.3 Å². The second-order valence-corrected chi connectivity index (χ2v) is 3.46. The van der Waals surface area contributed by atoms with Gasteiger partial charge in [0.25, 0.3) is 0 Å². The normalized spacial score (nSPS) is 12.5. The molecule has 76 valence electrons. The maximum Gasteiger partial charge on any atom is 0.355 e. The van der Waals surface area contributed by atoms with Gasteiger partial charge in [0, 0.05) is 13.3 Å². The summed E-state index contributed by atoms with van der Waals surface area (Å²) < 4.78 is 5.34. The Balaban J connectivity index is 3.12. The van der Waals surface area contributed by atoms with E-state index in [1.807, 2.05) is 0 Å². The van der Waals surface area contributed by atoms with E-state index >= 15 is 0 Å². The summed E-state index contributed by atoms with van der Waals surface area (Å²) in [6, 6.07) is 0. The van der Waals surface area contributed by atoms with E-state index in [2.05, 4.69) is 25.9 Å². The molecule has 1 rings (SSSR count). The summed E-state index contributed by atoms with van der Waals surface area (Å²) in [5.41, 5.74) is -0.0566. The molecule has 5 nitrogen and oxygen atoms in total. The van der Waals surface area contributed by atoms with E-state index in [-0.39, 0.29) is 11.8 Å². The van der Waals surface area contributed by atoms with E-state index in [1.165, 1.54) is 13.3 Å². The van der Waals surface area contributed by atoms with Crippen LogP contribution in [0.4, 0.5) is 0 Å². The number of ether oxygens (including phenoxy) is 1. The van der Waals surface area contributed by atoms with E-state index in [4.69, 9.17) is 9.84 Å². The summed E-state index contributed by atoms with van der Waals surface area (Å²) in [6.07, 6.45) is 1.09. The lowest BCUT2D eigenvalue weighted by Crippen LogP contribution is -2.09. The monoisotopic (exact) mass is 260 g/mol. The molecule has 1 unspecified atom stereocenters. The summed E-state index contributed by atoms with van der Waals surface area (Å²) in [5.74, 6) is -0.739. The van der Waals surface area contributed by atoms with Crippen LogP contribution in [0.5, 0.6) is 0 Å². The fourth-order valence-corrected chi connectivity index (χ4v) is 1.19. The molecule has 0 saturated heterocycles. The van der Waals surface area contributed by atoms with Gasteiger partial charge in [-0.15, -0.1) is 0 Å². The average molecular weight is 261 g/mol. The molecule has 6 heteroatoms. The Morgan fingerprint density at radius 1 is 1.71 bits per heavy atom. The quantitative estimate of drug-likeness (QED) is 0.895. The van der Waals surface area contributed by atoms with Crippen LogP contribution in [0.2, 0.25) is 0 Å². The predicted molar refractivity (Wildman–Crippen MR) is 52.1 cm³/mol. The van der Waals surface area contributed by atoms with Gasteiger partial charge >= 0.3 is 5.97 Å². The Morgan fingerprint density at radius 2 is 2.36 bits per heavy atom. The molecule has 1 aromatic heterocycles. The van der Waals surface area contributed by atoms with Gasteiger partial charge in [-0.2, -0.15) is 0 Å². The predicted octanol–water partition coefficient (Wildman–Crippen LogP) is 1.64. The molecular weight excluding hydrogens is 252 g/mol. The number of aromatic nitrogens is 2. The minimum atomic E-state index is -1.09. The number of carboxylic acids is 1. The van der Waals surface area contributed by atoms with Crippen LogP contribution >= 0.6 is 15.9 Å². The summed E-state index contributed by atoms with van der Waals surface area (Å²) in [4.78, 5) is 18.5. The van der Waals surface area contributed by atoms with Gasteiger partial charge < -0.3 is 9.84 Å². The van der Waals surface area contributed by atoms with Crippen LogP contribution < -0.4 is 0 Å². The molecule has 0 aromatic carbocycles. The first-order chi connectivity index (χ1) is 6.56. The lowest BCUT2D eigenvalue weighted by molar-refractivity contribution is 0.0685. The number of hydrogen-bond acceptors (Lipinski definition) is 4. The molecular formula is C8H9BrN2O3. The van der Waals surface area contributed by atoms with Crippen LogP contribution in [0.1, 0.15) is 29.3 Å². The third-order valence-electron chi connectivity index (χ3n) is 1.68. The number of carbonyl (C=O) groups is 1. The van der Waals surface area contributed by atoms with Crippen LogP contribution in [0.15, 0.2) is 10.7 Å². The Hall–Kier alpha value is -1.01. The van der Waals surface area contributed by atoms with Gasteiger partial charge in [-0.05, 0) is 22.9 Å². The van der Waals surface area contributed by atoms with Crippen LogP contribution in [-0.4, -0.2) is 28.2 Å². The number of methoxy groups -OCH3 is 1. The summed E-state index contributed by atoms with van der Waals surface area (Å²) in [7, 11) is 1.51. The maximum atomic E-state index is 10.7. The molecule has 0 aliphatic carbocycles. The van der Waals surface area contributed by atoms with Gasteiger partial charge in [0.15, 0.2) is 11.5 Å². The second-order valence-electron chi connectivity index (χ2n) is 2.61. The highest BCUT2D eigenvalue weighted by molar-refractivity contribution is 9.10. The molecule has 0 aliphatic heterocycles. The van der Waals surface area contributed by atoms with E-state index in [1.54, 1.807) is 6.92 Å². The zero-order valence-electron chi connectivity index (χ0n) is 7.69. The summed E-state index contributed by atoms with van der Waals surface area (Å²) in [6.45, 7) is 1.74. The number of rotatable bonds is 3. The number of halogens is 1. The van der Waals surface area contributed by atoms with Crippen molar-refractivity contribution in [1.82, 2.24) is 9.97 Å². The molecule has 0 spiro atoms. The fraction of sp³-hybridized carbons (Fsp3) is 0.375. The van der Waals surface area contributed by atoms with Gasteiger partial charge in [0.2, 0.25) is 0 Å². The Morgan fingerprint density at radius 3 is 2.86 bits per heavy atom. The van der Waals surface area contributed by atoms with Crippen molar-refractivity contribution in [1.29, 1.82) is 0 Å². The van der Waals surface area contributed by atoms with Crippen molar-refractivity contribution < 1.29 is 14.6 Å². The number of hydrogen-bond donors (Lipinski definition) is 1. The van der Waals surface area contributed by atoms with Gasteiger partial charge in [0.1, 0.15) is 6.10 Å². The molecule has 0 amide bonds. The number of aromatic carboxylic acids is 1. The third-order valence-corrected chi connectivity index (χ3v) is 2.26. The zero-order valence-corrected chi connectivity index (χ0v) is 9.28. The molecule has 0 fully saturated rings. The smallest absolute Gasteiger partial charge is 0.355 e. The molecule has 1 aromatic rings. The summed E-state index contributed by atoms with van der Waals surface area (Å²) >= 11 is 3.06. The minimum absolute atomic E-state index is 0.0566. The van der Waals surface area contributed by atoms with E-state index in [9.17, 15) is 4.79 Å². The van der Waals surface area contributed by atoms with E-state index in [0.717, 1.165) is 0 Å². The molecule has 1 heterocycles. The molecule has 1 N–H and O–H groups in total. The lowest BCUT2D eigenvalue weighted by Gasteiger charge is -2.08. The van der Waals surface area contributed by atoms with Gasteiger partial charge in [-0.25, -0.2) is 14.8 Å². The van der Waals surface area contributed by atoms with Crippen LogP contribution in [-0.2, 0) is 4.74 Å². The van der Waals surface area contributed by atoms with Crippen LogP contribution in [0, 0.1) is 0 Å². The van der Waals surface area contributed by atoms with Gasteiger partial charge in [-0.1, -0.05) is 0 Å². The molecule has 14 heavy (non-hydrogen) atoms. The molecule has 0 saturated carbocycles. The first kappa shape index (κ1) is 11.1. The van der Waals surface area contributed by atoms with E-state index < -0.39 is 5.97 Å². The van der Waals surface area contributed by atoms with Crippen molar-refractivity contribution in [2.75, 3.05) is 7.11 Å².